The predicted molar refractivity (Wildman–Crippen MR) is 142 cm³/mol. The van der Waals surface area contributed by atoms with E-state index >= 15 is 0 Å². The first-order valence-corrected chi connectivity index (χ1v) is 11.8. The number of ketones is 1. The molecule has 3 rings (SSSR count). The van der Waals surface area contributed by atoms with Crippen LogP contribution >= 0.6 is 0 Å². The summed E-state index contributed by atoms with van der Waals surface area (Å²) in [5.74, 6) is -0.0728. The largest absolute Gasteiger partial charge is 0.443 e. The van der Waals surface area contributed by atoms with E-state index in [1.54, 1.807) is 30.1 Å². The van der Waals surface area contributed by atoms with Gasteiger partial charge in [-0.3, -0.25) is 9.69 Å². The van der Waals surface area contributed by atoms with Gasteiger partial charge in [-0.1, -0.05) is 38.8 Å². The summed E-state index contributed by atoms with van der Waals surface area (Å²) in [4.78, 5) is 26.4. The van der Waals surface area contributed by atoms with Gasteiger partial charge >= 0.3 is 6.09 Å². The first-order valence-electron chi connectivity index (χ1n) is 11.8. The summed E-state index contributed by atoms with van der Waals surface area (Å²) in [6.07, 6.45) is 7.04. The Kier molecular flexibility index (Phi) is 7.34. The predicted octanol–water partition coefficient (Wildman–Crippen LogP) is 6.46. The quantitative estimate of drug-likeness (QED) is 0.342. The molecule has 6 heteroatoms. The average molecular weight is 474 g/mol. The van der Waals surface area contributed by atoms with Gasteiger partial charge in [-0.15, -0.1) is 0 Å². The Morgan fingerprint density at radius 2 is 1.89 bits per heavy atom. The fraction of sp³-hybridized carbons (Fsp3) is 0.345. The van der Waals surface area contributed by atoms with Crippen molar-refractivity contribution < 1.29 is 14.3 Å². The Morgan fingerprint density at radius 3 is 2.43 bits per heavy atom. The molecule has 1 aliphatic carbocycles. The van der Waals surface area contributed by atoms with E-state index in [0.29, 0.717) is 11.4 Å². The minimum atomic E-state index is -0.593. The minimum Gasteiger partial charge on any atom is -0.443 e. The molecule has 2 aromatic rings. The van der Waals surface area contributed by atoms with Crippen molar-refractivity contribution in [2.75, 3.05) is 7.05 Å². The zero-order chi connectivity index (χ0) is 26.1. The number of fused-ring (bicyclic) bond motifs is 3. The number of aryl methyl sites for hydroxylation is 2. The van der Waals surface area contributed by atoms with Crippen LogP contribution in [0.5, 0.6) is 0 Å². The van der Waals surface area contributed by atoms with E-state index in [1.807, 2.05) is 20.8 Å². The van der Waals surface area contributed by atoms with Crippen molar-refractivity contribution in [1.82, 2.24) is 14.7 Å². The third-order valence-corrected chi connectivity index (χ3v) is 5.98. The lowest BCUT2D eigenvalue weighted by molar-refractivity contribution is 0.0373. The standard InChI is InChI=1S/C29H35N3O3/c1-10-18(4)32-27-23(26(30-32)19(5)33)14-13-22-15-20(11-2)24(16-25(22)27)21(12-3)17-31(9)28(34)35-29(6,7)8/h10,12,15-17H,1,3-4,11,13-14H2,2,5-9H3/b21-17+. The Hall–Kier alpha value is -3.67. The summed E-state index contributed by atoms with van der Waals surface area (Å²) in [5, 5.41) is 4.60. The van der Waals surface area contributed by atoms with E-state index in [0.717, 1.165) is 52.8 Å². The van der Waals surface area contributed by atoms with Crippen LogP contribution in [0.15, 0.2) is 50.2 Å². The molecular formula is C29H35N3O3. The molecule has 184 valence electrons. The zero-order valence-corrected chi connectivity index (χ0v) is 21.7. The van der Waals surface area contributed by atoms with Gasteiger partial charge in [0, 0.05) is 31.3 Å². The lowest BCUT2D eigenvalue weighted by Crippen LogP contribution is -2.31. The smallest absolute Gasteiger partial charge is 0.414 e. The highest BCUT2D eigenvalue weighted by molar-refractivity contribution is 5.97. The third-order valence-electron chi connectivity index (χ3n) is 5.98. The number of carbonyl (C=O) groups is 2. The second-order valence-corrected chi connectivity index (χ2v) is 9.74. The van der Waals surface area contributed by atoms with E-state index in [9.17, 15) is 9.59 Å². The number of hydrogen-bond acceptors (Lipinski definition) is 4. The van der Waals surface area contributed by atoms with Crippen LogP contribution < -0.4 is 0 Å². The number of aromatic nitrogens is 2. The molecule has 0 saturated heterocycles. The molecule has 6 nitrogen and oxygen atoms in total. The molecule has 0 fully saturated rings. The van der Waals surface area contributed by atoms with Crippen molar-refractivity contribution in [2.45, 2.75) is 59.5 Å². The van der Waals surface area contributed by atoms with Crippen LogP contribution in [0, 0.1) is 0 Å². The molecule has 1 aliphatic rings. The molecule has 35 heavy (non-hydrogen) atoms. The number of hydrogen-bond donors (Lipinski definition) is 0. The van der Waals surface area contributed by atoms with Crippen molar-refractivity contribution >= 4 is 23.1 Å². The summed E-state index contributed by atoms with van der Waals surface area (Å²) in [7, 11) is 1.67. The molecule has 0 unspecified atom stereocenters. The van der Waals surface area contributed by atoms with E-state index in [1.165, 1.54) is 17.4 Å². The first kappa shape index (κ1) is 25.9. The third kappa shape index (κ3) is 5.21. The molecule has 0 radical (unpaired) electrons. The Labute approximate surface area is 208 Å². The number of nitrogens with zero attached hydrogens (tertiary/aromatic N) is 3. The highest BCUT2D eigenvalue weighted by Crippen LogP contribution is 2.40. The lowest BCUT2D eigenvalue weighted by Gasteiger charge is -2.24. The molecule has 1 amide bonds. The number of rotatable bonds is 7. The van der Waals surface area contributed by atoms with Gasteiger partial charge in [0.2, 0.25) is 0 Å². The molecule has 1 heterocycles. The minimum absolute atomic E-state index is 0.0728. The number of amides is 1. The topological polar surface area (TPSA) is 64.4 Å². The van der Waals surface area contributed by atoms with Crippen LogP contribution in [0.4, 0.5) is 4.79 Å². The maximum atomic E-state index is 12.6. The van der Waals surface area contributed by atoms with E-state index < -0.39 is 11.7 Å². The van der Waals surface area contributed by atoms with Gasteiger partial charge in [-0.2, -0.15) is 5.10 Å². The Morgan fingerprint density at radius 1 is 1.20 bits per heavy atom. The van der Waals surface area contributed by atoms with Crippen molar-refractivity contribution in [2.24, 2.45) is 0 Å². The summed E-state index contributed by atoms with van der Waals surface area (Å²) in [5.41, 5.74) is 7.38. The van der Waals surface area contributed by atoms with Gasteiger partial charge in [0.05, 0.1) is 11.4 Å². The fourth-order valence-corrected chi connectivity index (χ4v) is 4.31. The van der Waals surface area contributed by atoms with Crippen molar-refractivity contribution in [1.29, 1.82) is 0 Å². The average Bonchev–Trinajstić information content (AvgIpc) is 3.20. The van der Waals surface area contributed by atoms with Crippen LogP contribution in [0.2, 0.25) is 0 Å². The molecule has 0 spiro atoms. The molecule has 1 aromatic carbocycles. The molecule has 0 N–H and O–H groups in total. The summed E-state index contributed by atoms with van der Waals surface area (Å²) in [6.45, 7) is 21.1. The van der Waals surface area contributed by atoms with E-state index in [4.69, 9.17) is 4.74 Å². The first-order chi connectivity index (χ1) is 16.4. The van der Waals surface area contributed by atoms with Gasteiger partial charge in [0.25, 0.3) is 0 Å². The lowest BCUT2D eigenvalue weighted by atomic mass is 9.83. The second kappa shape index (κ2) is 9.90. The maximum Gasteiger partial charge on any atom is 0.414 e. The number of allylic oxidation sites excluding steroid dienone is 4. The van der Waals surface area contributed by atoms with Crippen molar-refractivity contribution in [3.8, 4) is 11.3 Å². The molecule has 1 aromatic heterocycles. The van der Waals surface area contributed by atoms with Crippen LogP contribution in [-0.4, -0.2) is 39.2 Å². The van der Waals surface area contributed by atoms with Gasteiger partial charge in [-0.25, -0.2) is 9.48 Å². The summed E-state index contributed by atoms with van der Waals surface area (Å²) >= 11 is 0. The van der Waals surface area contributed by atoms with Crippen molar-refractivity contribution in [3.63, 3.8) is 0 Å². The zero-order valence-electron chi connectivity index (χ0n) is 21.7. The second-order valence-electron chi connectivity index (χ2n) is 9.74. The van der Waals surface area contributed by atoms with Crippen LogP contribution in [0.25, 0.3) is 22.5 Å². The summed E-state index contributed by atoms with van der Waals surface area (Å²) < 4.78 is 7.22. The van der Waals surface area contributed by atoms with Crippen LogP contribution in [0.1, 0.15) is 67.4 Å². The van der Waals surface area contributed by atoms with E-state index in [2.05, 4.69) is 43.9 Å². The Balaban J connectivity index is 2.21. The number of Topliss-reactive ketones (excluding diaryl/α,β-unsaturated/α-hetero) is 1. The SMILES string of the molecule is C=CC(=C)n1nc(C(C)=O)c2c1-c1cc(/C(C=C)=C/N(C)C(=O)OC(C)(C)C)c(CC)cc1CC2. The molecule has 0 atom stereocenters. The van der Waals surface area contributed by atoms with Gasteiger partial charge < -0.3 is 4.74 Å². The monoisotopic (exact) mass is 473 g/mol. The van der Waals surface area contributed by atoms with Crippen LogP contribution in [-0.2, 0) is 24.0 Å². The Bertz CT molecular complexity index is 1250. The molecule has 0 aliphatic heterocycles. The molecular weight excluding hydrogens is 438 g/mol. The fourth-order valence-electron chi connectivity index (χ4n) is 4.31. The maximum absolute atomic E-state index is 12.6. The highest BCUT2D eigenvalue weighted by Gasteiger charge is 2.29. The van der Waals surface area contributed by atoms with Gasteiger partial charge in [-0.05, 0) is 74.4 Å². The van der Waals surface area contributed by atoms with Gasteiger partial charge in [0.1, 0.15) is 11.3 Å². The van der Waals surface area contributed by atoms with Gasteiger partial charge in [0.15, 0.2) is 5.78 Å². The summed E-state index contributed by atoms with van der Waals surface area (Å²) in [6, 6.07) is 4.32. The number of carbonyl (C=O) groups excluding carboxylic acids is 2. The molecule has 0 bridgehead atoms. The normalized spacial score (nSPS) is 12.9. The highest BCUT2D eigenvalue weighted by atomic mass is 16.6. The van der Waals surface area contributed by atoms with Crippen LogP contribution in [0.3, 0.4) is 0 Å². The van der Waals surface area contributed by atoms with Crippen molar-refractivity contribution in [3.05, 3.63) is 78.2 Å². The van der Waals surface area contributed by atoms with E-state index in [-0.39, 0.29) is 5.78 Å². The number of ether oxygens (including phenoxy) is 1. The number of benzene rings is 1. The molecule has 0 saturated carbocycles.